The van der Waals surface area contributed by atoms with Crippen LogP contribution in [0.25, 0.3) is 11.1 Å². The number of hydrogen-bond acceptors (Lipinski definition) is 2. The average molecular weight is 347 g/mol. The molecule has 0 spiro atoms. The van der Waals surface area contributed by atoms with Gasteiger partial charge in [-0.05, 0) is 66.4 Å². The van der Waals surface area contributed by atoms with E-state index in [9.17, 15) is 14.0 Å². The van der Waals surface area contributed by atoms with Crippen molar-refractivity contribution in [3.63, 3.8) is 0 Å². The smallest absolute Gasteiger partial charge is 0.255 e. The van der Waals surface area contributed by atoms with Crippen LogP contribution in [-0.2, 0) is 0 Å². The minimum Gasteiger partial charge on any atom is -0.321 e. The molecule has 0 heterocycles. The molecule has 0 unspecified atom stereocenters. The maximum absolute atomic E-state index is 13.0. The Kier molecular flexibility index (Phi) is 4.94. The summed E-state index contributed by atoms with van der Waals surface area (Å²) in [6.45, 7) is 4.04. The molecule has 0 saturated carbocycles. The molecule has 4 heteroatoms. The topological polar surface area (TPSA) is 46.2 Å². The first kappa shape index (κ1) is 17.5. The van der Waals surface area contributed by atoms with Crippen molar-refractivity contribution in [1.29, 1.82) is 0 Å². The molecule has 0 atom stereocenters. The van der Waals surface area contributed by atoms with Gasteiger partial charge in [-0.2, -0.15) is 0 Å². The number of anilines is 1. The molecule has 0 aliphatic rings. The Balaban J connectivity index is 1.98. The molecule has 1 N–H and O–H groups in total. The maximum Gasteiger partial charge on any atom is 0.255 e. The van der Waals surface area contributed by atoms with E-state index in [-0.39, 0.29) is 0 Å². The molecule has 3 nitrogen and oxygen atoms in total. The first-order valence-corrected chi connectivity index (χ1v) is 8.22. The third-order valence-corrected chi connectivity index (χ3v) is 4.40. The van der Waals surface area contributed by atoms with Gasteiger partial charge in [0.15, 0.2) is 6.29 Å². The summed E-state index contributed by atoms with van der Waals surface area (Å²) in [5.74, 6) is -0.808. The van der Waals surface area contributed by atoms with Crippen molar-refractivity contribution in [2.45, 2.75) is 13.8 Å². The predicted octanol–water partition coefficient (Wildman–Crippen LogP) is 5.17. The molecule has 3 rings (SSSR count). The number of aldehydes is 1. The van der Waals surface area contributed by atoms with Crippen molar-refractivity contribution < 1.29 is 14.0 Å². The fourth-order valence-corrected chi connectivity index (χ4v) is 2.76. The summed E-state index contributed by atoms with van der Waals surface area (Å²) >= 11 is 0. The molecular weight excluding hydrogens is 329 g/mol. The molecular formula is C22H18FNO2. The standard InChI is InChI=1S/C22H18FNO2/c1-14-6-7-17(12-15(14)2)19-4-3-5-21(20(19)13-25)24-22(26)16-8-10-18(23)11-9-16/h3-13H,1-2H3,(H,24,26). The van der Waals surface area contributed by atoms with Gasteiger partial charge < -0.3 is 5.32 Å². The zero-order valence-corrected chi connectivity index (χ0v) is 14.5. The van der Waals surface area contributed by atoms with Gasteiger partial charge in [0.2, 0.25) is 0 Å². The van der Waals surface area contributed by atoms with Crippen LogP contribution in [0.3, 0.4) is 0 Å². The molecule has 0 aliphatic heterocycles. The van der Waals surface area contributed by atoms with Gasteiger partial charge in [-0.1, -0.05) is 30.3 Å². The molecule has 0 radical (unpaired) electrons. The van der Waals surface area contributed by atoms with Crippen LogP contribution < -0.4 is 5.32 Å². The minimum absolute atomic E-state index is 0.319. The van der Waals surface area contributed by atoms with E-state index in [1.807, 2.05) is 38.1 Å². The van der Waals surface area contributed by atoms with Gasteiger partial charge in [-0.25, -0.2) is 4.39 Å². The van der Waals surface area contributed by atoms with Crippen LogP contribution in [-0.4, -0.2) is 12.2 Å². The highest BCUT2D eigenvalue weighted by Gasteiger charge is 2.13. The summed E-state index contributed by atoms with van der Waals surface area (Å²) in [7, 11) is 0. The summed E-state index contributed by atoms with van der Waals surface area (Å²) in [6.07, 6.45) is 0.741. The van der Waals surface area contributed by atoms with Crippen LogP contribution in [0.4, 0.5) is 10.1 Å². The van der Waals surface area contributed by atoms with E-state index in [1.54, 1.807) is 12.1 Å². The fraction of sp³-hybridized carbons (Fsp3) is 0.0909. The van der Waals surface area contributed by atoms with Crippen molar-refractivity contribution in [2.75, 3.05) is 5.32 Å². The molecule has 3 aromatic carbocycles. The highest BCUT2D eigenvalue weighted by molar-refractivity contribution is 6.07. The van der Waals surface area contributed by atoms with Crippen LogP contribution >= 0.6 is 0 Å². The van der Waals surface area contributed by atoms with Crippen molar-refractivity contribution >= 4 is 17.9 Å². The molecule has 0 aromatic heterocycles. The van der Waals surface area contributed by atoms with E-state index < -0.39 is 11.7 Å². The third-order valence-electron chi connectivity index (χ3n) is 4.40. The second-order valence-corrected chi connectivity index (χ2v) is 6.14. The summed E-state index contributed by atoms with van der Waals surface area (Å²) < 4.78 is 13.0. The molecule has 3 aromatic rings. The first-order valence-electron chi connectivity index (χ1n) is 8.22. The quantitative estimate of drug-likeness (QED) is 0.662. The van der Waals surface area contributed by atoms with E-state index in [2.05, 4.69) is 5.32 Å². The molecule has 1 amide bonds. The summed E-state index contributed by atoms with van der Waals surface area (Å²) in [4.78, 5) is 24.1. The monoisotopic (exact) mass is 347 g/mol. The molecule has 0 bridgehead atoms. The summed E-state index contributed by atoms with van der Waals surface area (Å²) in [5, 5.41) is 2.74. The lowest BCUT2D eigenvalue weighted by Crippen LogP contribution is -2.13. The summed E-state index contributed by atoms with van der Waals surface area (Å²) in [6, 6.07) is 16.5. The highest BCUT2D eigenvalue weighted by Crippen LogP contribution is 2.29. The van der Waals surface area contributed by atoms with Gasteiger partial charge in [0.05, 0.1) is 5.69 Å². The van der Waals surface area contributed by atoms with E-state index in [0.29, 0.717) is 16.8 Å². The predicted molar refractivity (Wildman–Crippen MR) is 101 cm³/mol. The Bertz CT molecular complexity index is 978. The number of nitrogens with one attached hydrogen (secondary N) is 1. The van der Waals surface area contributed by atoms with Crippen molar-refractivity contribution in [2.24, 2.45) is 0 Å². The van der Waals surface area contributed by atoms with Gasteiger partial charge in [-0.15, -0.1) is 0 Å². The van der Waals surface area contributed by atoms with Crippen LogP contribution in [0.2, 0.25) is 0 Å². The van der Waals surface area contributed by atoms with Gasteiger partial charge in [-0.3, -0.25) is 9.59 Å². The Morgan fingerprint density at radius 3 is 2.35 bits per heavy atom. The number of rotatable bonds is 4. The highest BCUT2D eigenvalue weighted by atomic mass is 19.1. The summed E-state index contributed by atoms with van der Waals surface area (Å²) in [5.41, 5.74) is 5.10. The van der Waals surface area contributed by atoms with Gasteiger partial charge in [0.1, 0.15) is 5.82 Å². The van der Waals surface area contributed by atoms with Gasteiger partial charge >= 0.3 is 0 Å². The number of amides is 1. The molecule has 0 fully saturated rings. The van der Waals surface area contributed by atoms with Crippen LogP contribution in [0.1, 0.15) is 31.8 Å². The van der Waals surface area contributed by atoms with Crippen LogP contribution in [0, 0.1) is 19.7 Å². The second kappa shape index (κ2) is 7.31. The molecule has 0 aliphatic carbocycles. The van der Waals surface area contributed by atoms with Gasteiger partial charge in [0, 0.05) is 11.1 Å². The normalized spacial score (nSPS) is 10.4. The number of carbonyl (C=O) groups excluding carboxylic acids is 2. The number of aryl methyl sites for hydroxylation is 2. The Morgan fingerprint density at radius 1 is 0.962 bits per heavy atom. The van der Waals surface area contributed by atoms with E-state index in [4.69, 9.17) is 0 Å². The molecule has 26 heavy (non-hydrogen) atoms. The maximum atomic E-state index is 13.0. The zero-order chi connectivity index (χ0) is 18.7. The Hall–Kier alpha value is -3.27. The van der Waals surface area contributed by atoms with Gasteiger partial charge in [0.25, 0.3) is 5.91 Å². The van der Waals surface area contributed by atoms with Crippen molar-refractivity contribution in [3.05, 3.63) is 88.7 Å². The Labute approximate surface area is 151 Å². The lowest BCUT2D eigenvalue weighted by atomic mass is 9.96. The number of benzene rings is 3. The first-order chi connectivity index (χ1) is 12.5. The minimum atomic E-state index is -0.410. The lowest BCUT2D eigenvalue weighted by Gasteiger charge is -2.13. The Morgan fingerprint density at radius 2 is 1.69 bits per heavy atom. The van der Waals surface area contributed by atoms with Crippen LogP contribution in [0.5, 0.6) is 0 Å². The second-order valence-electron chi connectivity index (χ2n) is 6.14. The average Bonchev–Trinajstić information content (AvgIpc) is 2.64. The van der Waals surface area contributed by atoms with Crippen LogP contribution in [0.15, 0.2) is 60.7 Å². The largest absolute Gasteiger partial charge is 0.321 e. The van der Waals surface area contributed by atoms with Crippen molar-refractivity contribution in [1.82, 2.24) is 0 Å². The molecule has 130 valence electrons. The van der Waals surface area contributed by atoms with E-state index in [1.165, 1.54) is 29.8 Å². The zero-order valence-electron chi connectivity index (χ0n) is 14.5. The van der Waals surface area contributed by atoms with E-state index >= 15 is 0 Å². The van der Waals surface area contributed by atoms with Crippen molar-refractivity contribution in [3.8, 4) is 11.1 Å². The lowest BCUT2D eigenvalue weighted by molar-refractivity contribution is 0.102. The number of halogens is 1. The fourth-order valence-electron chi connectivity index (χ4n) is 2.76. The van der Waals surface area contributed by atoms with E-state index in [0.717, 1.165) is 23.0 Å². The number of carbonyl (C=O) groups is 2. The SMILES string of the molecule is Cc1ccc(-c2cccc(NC(=O)c3ccc(F)cc3)c2C=O)cc1C. The molecule has 0 saturated heterocycles. The number of hydrogen-bond donors (Lipinski definition) is 1. The third kappa shape index (κ3) is 3.54.